The molecule has 6 nitrogen and oxygen atoms in total. The zero-order chi connectivity index (χ0) is 23.0. The highest BCUT2D eigenvalue weighted by Gasteiger charge is 2.15. The number of sulfonamides is 1. The van der Waals surface area contributed by atoms with E-state index in [0.717, 1.165) is 21.3 Å². The number of aryl methyl sites for hydroxylation is 3. The largest absolute Gasteiger partial charge is 0.319 e. The summed E-state index contributed by atoms with van der Waals surface area (Å²) < 4.78 is 30.7. The third-order valence-corrected chi connectivity index (χ3v) is 7.86. The third-order valence-electron chi connectivity index (χ3n) is 4.92. The summed E-state index contributed by atoms with van der Waals surface area (Å²) >= 11 is 7.28. The lowest BCUT2D eigenvalue weighted by Gasteiger charge is -2.09. The molecule has 0 fully saturated rings. The van der Waals surface area contributed by atoms with Gasteiger partial charge in [-0.2, -0.15) is 4.99 Å². The first-order valence-electron chi connectivity index (χ1n) is 9.68. The number of nitrogens with one attached hydrogen (secondary N) is 1. The summed E-state index contributed by atoms with van der Waals surface area (Å²) in [6, 6.07) is 16.3. The van der Waals surface area contributed by atoms with E-state index in [1.54, 1.807) is 18.2 Å². The Morgan fingerprint density at radius 1 is 1.06 bits per heavy atom. The van der Waals surface area contributed by atoms with Gasteiger partial charge in [-0.05, 0) is 73.5 Å². The molecule has 3 aromatic carbocycles. The van der Waals surface area contributed by atoms with Crippen molar-refractivity contribution in [2.24, 2.45) is 12.0 Å². The molecule has 0 spiro atoms. The van der Waals surface area contributed by atoms with Gasteiger partial charge in [-0.1, -0.05) is 35.1 Å². The second-order valence-corrected chi connectivity index (χ2v) is 10.5. The highest BCUT2D eigenvalue weighted by molar-refractivity contribution is 7.92. The minimum atomic E-state index is -3.82. The van der Waals surface area contributed by atoms with Gasteiger partial charge in [0.25, 0.3) is 15.9 Å². The quantitative estimate of drug-likeness (QED) is 0.439. The molecule has 0 bridgehead atoms. The molecule has 0 aliphatic rings. The molecule has 0 aliphatic carbocycles. The number of amides is 1. The van der Waals surface area contributed by atoms with Gasteiger partial charge in [0.2, 0.25) is 0 Å². The molecule has 0 atom stereocenters. The van der Waals surface area contributed by atoms with E-state index in [1.165, 1.54) is 41.7 Å². The van der Waals surface area contributed by atoms with Gasteiger partial charge in [0, 0.05) is 23.3 Å². The lowest BCUT2D eigenvalue weighted by Crippen LogP contribution is -2.14. The summed E-state index contributed by atoms with van der Waals surface area (Å²) in [7, 11) is -1.94. The third kappa shape index (κ3) is 4.48. The van der Waals surface area contributed by atoms with Crippen molar-refractivity contribution in [3.63, 3.8) is 0 Å². The predicted octanol–water partition coefficient (Wildman–Crippen LogP) is 5.05. The molecule has 0 saturated heterocycles. The van der Waals surface area contributed by atoms with E-state index in [0.29, 0.717) is 9.82 Å². The van der Waals surface area contributed by atoms with Gasteiger partial charge in [-0.15, -0.1) is 0 Å². The Morgan fingerprint density at radius 2 is 1.78 bits per heavy atom. The number of carbonyl (C=O) groups excluding carboxylic acids is 1. The maximum absolute atomic E-state index is 12.9. The van der Waals surface area contributed by atoms with Gasteiger partial charge in [0.05, 0.1) is 15.1 Å². The van der Waals surface area contributed by atoms with Gasteiger partial charge in [-0.3, -0.25) is 9.52 Å². The number of nitrogens with zero attached hydrogens (tertiary/aromatic N) is 2. The predicted molar refractivity (Wildman–Crippen MR) is 129 cm³/mol. The van der Waals surface area contributed by atoms with Crippen molar-refractivity contribution in [3.05, 3.63) is 87.2 Å². The number of benzene rings is 3. The summed E-state index contributed by atoms with van der Waals surface area (Å²) in [5.74, 6) is -0.450. The summed E-state index contributed by atoms with van der Waals surface area (Å²) in [5.41, 5.74) is 3.85. The number of thiazole rings is 1. The topological polar surface area (TPSA) is 80.5 Å². The van der Waals surface area contributed by atoms with E-state index in [-0.39, 0.29) is 16.1 Å². The molecule has 1 aromatic heterocycles. The lowest BCUT2D eigenvalue weighted by atomic mass is 10.1. The average Bonchev–Trinajstić information content (AvgIpc) is 3.04. The van der Waals surface area contributed by atoms with Crippen LogP contribution < -0.4 is 9.52 Å². The molecule has 0 aliphatic heterocycles. The van der Waals surface area contributed by atoms with Crippen molar-refractivity contribution in [1.29, 1.82) is 0 Å². The van der Waals surface area contributed by atoms with Crippen LogP contribution in [0, 0.1) is 13.8 Å². The molecule has 0 unspecified atom stereocenters. The van der Waals surface area contributed by atoms with Crippen molar-refractivity contribution in [3.8, 4) is 0 Å². The summed E-state index contributed by atoms with van der Waals surface area (Å²) in [6.07, 6.45) is 0. The Hall–Kier alpha value is -2.94. The van der Waals surface area contributed by atoms with Gasteiger partial charge in [0.15, 0.2) is 4.80 Å². The van der Waals surface area contributed by atoms with E-state index in [9.17, 15) is 13.2 Å². The first-order chi connectivity index (χ1) is 15.1. The van der Waals surface area contributed by atoms with Crippen LogP contribution in [0.1, 0.15) is 21.5 Å². The molecular weight excluding hydrogens is 466 g/mol. The number of anilines is 1. The van der Waals surface area contributed by atoms with E-state index in [4.69, 9.17) is 11.6 Å². The molecule has 0 saturated carbocycles. The zero-order valence-corrected chi connectivity index (χ0v) is 20.0. The van der Waals surface area contributed by atoms with Crippen molar-refractivity contribution in [2.75, 3.05) is 4.72 Å². The van der Waals surface area contributed by atoms with Gasteiger partial charge in [0.1, 0.15) is 0 Å². The molecule has 4 rings (SSSR count). The van der Waals surface area contributed by atoms with Crippen LogP contribution in [0.15, 0.2) is 70.6 Å². The van der Waals surface area contributed by atoms with Crippen molar-refractivity contribution in [2.45, 2.75) is 18.7 Å². The molecule has 32 heavy (non-hydrogen) atoms. The summed E-state index contributed by atoms with van der Waals surface area (Å²) in [5, 5.41) is 0.443. The lowest BCUT2D eigenvalue weighted by molar-refractivity contribution is 0.0998. The fraction of sp³-hybridized carbons (Fsp3) is 0.130. The van der Waals surface area contributed by atoms with Crippen LogP contribution in [0.4, 0.5) is 5.69 Å². The number of carbonyl (C=O) groups is 1. The number of hydrogen-bond acceptors (Lipinski definition) is 4. The monoisotopic (exact) mass is 485 g/mol. The van der Waals surface area contributed by atoms with E-state index < -0.39 is 15.9 Å². The van der Waals surface area contributed by atoms with E-state index in [2.05, 4.69) is 21.8 Å². The number of rotatable bonds is 4. The van der Waals surface area contributed by atoms with Crippen LogP contribution in [0.3, 0.4) is 0 Å². The van der Waals surface area contributed by atoms with Gasteiger partial charge in [-0.25, -0.2) is 8.42 Å². The van der Waals surface area contributed by atoms with Crippen LogP contribution in [0.5, 0.6) is 0 Å². The number of halogens is 1. The standard InChI is InChI=1S/C23H20ClN3O3S2/c1-14-11-15(2)21-20(12-14)27(3)23(31-21)25-22(28)16-5-4-6-18(13-16)26-32(29,30)19-9-7-17(24)8-10-19/h4-13,26H,1-3H3. The second kappa shape index (κ2) is 8.54. The minimum absolute atomic E-state index is 0.0753. The minimum Gasteiger partial charge on any atom is -0.319 e. The number of aromatic nitrogens is 1. The summed E-state index contributed by atoms with van der Waals surface area (Å²) in [4.78, 5) is 17.8. The molecular formula is C23H20ClN3O3S2. The number of fused-ring (bicyclic) bond motifs is 1. The second-order valence-electron chi connectivity index (χ2n) is 7.43. The van der Waals surface area contributed by atoms with Crippen molar-refractivity contribution in [1.82, 2.24) is 4.57 Å². The fourth-order valence-electron chi connectivity index (χ4n) is 3.37. The van der Waals surface area contributed by atoms with E-state index >= 15 is 0 Å². The molecule has 1 amide bonds. The Bertz CT molecular complexity index is 1520. The molecule has 4 aromatic rings. The Kier molecular flexibility index (Phi) is 5.94. The molecule has 164 valence electrons. The Balaban J connectivity index is 1.66. The van der Waals surface area contributed by atoms with Crippen molar-refractivity contribution >= 4 is 54.8 Å². The zero-order valence-electron chi connectivity index (χ0n) is 17.6. The fourth-order valence-corrected chi connectivity index (χ4v) is 5.61. The first-order valence-corrected chi connectivity index (χ1v) is 12.4. The first kappa shape index (κ1) is 22.3. The van der Waals surface area contributed by atoms with Crippen molar-refractivity contribution < 1.29 is 13.2 Å². The molecule has 9 heteroatoms. The van der Waals surface area contributed by atoms with Gasteiger partial charge < -0.3 is 4.57 Å². The van der Waals surface area contributed by atoms with Crippen LogP contribution in [-0.4, -0.2) is 18.9 Å². The van der Waals surface area contributed by atoms with Crippen LogP contribution >= 0.6 is 22.9 Å². The highest BCUT2D eigenvalue weighted by Crippen LogP contribution is 2.23. The number of hydrogen-bond donors (Lipinski definition) is 1. The van der Waals surface area contributed by atoms with Crippen LogP contribution in [-0.2, 0) is 17.1 Å². The van der Waals surface area contributed by atoms with Gasteiger partial charge >= 0.3 is 0 Å². The van der Waals surface area contributed by atoms with Crippen LogP contribution in [0.25, 0.3) is 10.2 Å². The molecule has 1 heterocycles. The van der Waals surface area contributed by atoms with E-state index in [1.807, 2.05) is 25.5 Å². The van der Waals surface area contributed by atoms with Crippen LogP contribution in [0.2, 0.25) is 5.02 Å². The highest BCUT2D eigenvalue weighted by atomic mass is 35.5. The maximum atomic E-state index is 12.9. The normalized spacial score (nSPS) is 12.3. The molecule has 0 radical (unpaired) electrons. The average molecular weight is 486 g/mol. The SMILES string of the molecule is Cc1cc(C)c2sc(=NC(=O)c3cccc(NS(=O)(=O)c4ccc(Cl)cc4)c3)n(C)c2c1. The summed E-state index contributed by atoms with van der Waals surface area (Å²) in [6.45, 7) is 4.07. The Morgan fingerprint density at radius 3 is 2.50 bits per heavy atom. The maximum Gasteiger partial charge on any atom is 0.279 e. The Labute approximate surface area is 194 Å². The smallest absolute Gasteiger partial charge is 0.279 e. The molecule has 1 N–H and O–H groups in total.